The number of thiophene rings is 1. The topological polar surface area (TPSA) is 86.6 Å². The Bertz CT molecular complexity index is 515. The summed E-state index contributed by atoms with van der Waals surface area (Å²) < 4.78 is 0. The molecule has 0 aliphatic heterocycles. The molecule has 0 spiro atoms. The number of carboxylic acids is 2. The highest BCUT2D eigenvalue weighted by molar-refractivity contribution is 7.09. The molecule has 0 bridgehead atoms. The maximum absolute atomic E-state index is 11.6. The van der Waals surface area contributed by atoms with Gasteiger partial charge in [0.15, 0.2) is 0 Å². The highest BCUT2D eigenvalue weighted by Gasteiger charge is 2.71. The zero-order valence-corrected chi connectivity index (χ0v) is 11.0. The van der Waals surface area contributed by atoms with Crippen LogP contribution in [0, 0.1) is 17.8 Å². The molecular weight excluding hydrogens is 266 g/mol. The van der Waals surface area contributed by atoms with E-state index in [1.807, 2.05) is 17.5 Å². The average Bonchev–Trinajstić information content (AvgIpc) is 2.75. The lowest BCUT2D eigenvalue weighted by Gasteiger charge is -2.28. The van der Waals surface area contributed by atoms with Crippen molar-refractivity contribution in [2.24, 2.45) is 17.8 Å². The summed E-state index contributed by atoms with van der Waals surface area (Å²) in [4.78, 5) is 23.8. The number of carboxylic acid groups (broad SMARTS) is 2. The van der Waals surface area contributed by atoms with Gasteiger partial charge < -0.3 is 10.2 Å². The van der Waals surface area contributed by atoms with Crippen molar-refractivity contribution in [3.8, 4) is 0 Å². The molecule has 3 rings (SSSR count). The van der Waals surface area contributed by atoms with E-state index in [1.54, 1.807) is 11.3 Å². The Kier molecular flexibility index (Phi) is 2.87. The number of hydrogen-bond acceptors (Lipinski definition) is 4. The van der Waals surface area contributed by atoms with Gasteiger partial charge in [-0.3, -0.25) is 14.9 Å². The molecule has 4 unspecified atom stereocenters. The van der Waals surface area contributed by atoms with Gasteiger partial charge in [0.25, 0.3) is 0 Å². The Balaban J connectivity index is 1.77. The highest BCUT2D eigenvalue weighted by Crippen LogP contribution is 2.62. The lowest BCUT2D eigenvalue weighted by molar-refractivity contribution is -0.147. The summed E-state index contributed by atoms with van der Waals surface area (Å²) >= 11 is 1.57. The van der Waals surface area contributed by atoms with Crippen molar-refractivity contribution in [1.82, 2.24) is 5.32 Å². The lowest BCUT2D eigenvalue weighted by Crippen LogP contribution is -2.53. The second kappa shape index (κ2) is 4.31. The summed E-state index contributed by atoms with van der Waals surface area (Å²) in [6, 6.07) is 3.87. The molecule has 102 valence electrons. The molecule has 0 radical (unpaired) electrons. The summed E-state index contributed by atoms with van der Waals surface area (Å²) in [5.41, 5.74) is -1.06. The van der Waals surface area contributed by atoms with Crippen molar-refractivity contribution in [2.45, 2.75) is 24.9 Å². The molecule has 0 saturated heterocycles. The van der Waals surface area contributed by atoms with Crippen LogP contribution >= 0.6 is 11.3 Å². The zero-order chi connectivity index (χ0) is 13.6. The van der Waals surface area contributed by atoms with Crippen LogP contribution in [0.4, 0.5) is 0 Å². The molecule has 2 aliphatic rings. The van der Waals surface area contributed by atoms with Crippen LogP contribution in [0.15, 0.2) is 17.5 Å². The number of hydrogen-bond donors (Lipinski definition) is 3. The van der Waals surface area contributed by atoms with Crippen LogP contribution in [0.1, 0.15) is 17.7 Å². The summed E-state index contributed by atoms with van der Waals surface area (Å²) in [7, 11) is 0. The lowest BCUT2D eigenvalue weighted by atomic mass is 9.90. The van der Waals surface area contributed by atoms with E-state index in [4.69, 9.17) is 5.11 Å². The van der Waals surface area contributed by atoms with E-state index in [0.29, 0.717) is 19.4 Å². The third-order valence-electron chi connectivity index (χ3n) is 4.43. The minimum Gasteiger partial charge on any atom is -0.481 e. The monoisotopic (exact) mass is 281 g/mol. The van der Waals surface area contributed by atoms with E-state index in [-0.39, 0.29) is 11.8 Å². The highest BCUT2D eigenvalue weighted by atomic mass is 32.1. The smallest absolute Gasteiger partial charge is 0.324 e. The third kappa shape index (κ3) is 1.86. The fourth-order valence-corrected chi connectivity index (χ4v) is 4.14. The predicted octanol–water partition coefficient (Wildman–Crippen LogP) is 1.40. The van der Waals surface area contributed by atoms with Crippen molar-refractivity contribution < 1.29 is 19.8 Å². The van der Waals surface area contributed by atoms with Gasteiger partial charge in [0.05, 0.1) is 5.92 Å². The van der Waals surface area contributed by atoms with Gasteiger partial charge in [-0.25, -0.2) is 0 Å². The molecular formula is C13H15NO4S. The molecule has 3 N–H and O–H groups in total. The number of carbonyl (C=O) groups is 2. The predicted molar refractivity (Wildman–Crippen MR) is 68.9 cm³/mol. The van der Waals surface area contributed by atoms with Gasteiger partial charge in [-0.2, -0.15) is 0 Å². The van der Waals surface area contributed by atoms with E-state index in [2.05, 4.69) is 5.32 Å². The van der Waals surface area contributed by atoms with Crippen molar-refractivity contribution in [2.75, 3.05) is 0 Å². The van der Waals surface area contributed by atoms with E-state index in [1.165, 1.54) is 0 Å². The van der Waals surface area contributed by atoms with Crippen molar-refractivity contribution >= 4 is 23.3 Å². The Morgan fingerprint density at radius 3 is 2.79 bits per heavy atom. The van der Waals surface area contributed by atoms with Crippen LogP contribution in [0.2, 0.25) is 0 Å². The normalized spacial score (nSPS) is 35.9. The van der Waals surface area contributed by atoms with Gasteiger partial charge in [-0.15, -0.1) is 11.3 Å². The molecule has 19 heavy (non-hydrogen) atoms. The van der Waals surface area contributed by atoms with Crippen LogP contribution in [0.3, 0.4) is 0 Å². The van der Waals surface area contributed by atoms with Crippen molar-refractivity contribution in [1.29, 1.82) is 0 Å². The molecule has 1 aromatic rings. The molecule has 1 aromatic heterocycles. The van der Waals surface area contributed by atoms with Gasteiger partial charge in [-0.1, -0.05) is 6.07 Å². The summed E-state index contributed by atoms with van der Waals surface area (Å²) in [5.74, 6) is -2.49. The summed E-state index contributed by atoms with van der Waals surface area (Å²) in [6.45, 7) is 0.486. The molecule has 2 saturated carbocycles. The first kappa shape index (κ1) is 12.6. The average molecular weight is 281 g/mol. The summed E-state index contributed by atoms with van der Waals surface area (Å²) in [6.07, 6.45) is 1.21. The number of nitrogens with one attached hydrogen (secondary N) is 1. The SMILES string of the molecule is O=C(O)C1C2CCC(NCc3cccs3)(C(=O)O)C21. The van der Waals surface area contributed by atoms with E-state index < -0.39 is 23.4 Å². The molecule has 4 atom stereocenters. The van der Waals surface area contributed by atoms with E-state index in [9.17, 15) is 14.7 Å². The van der Waals surface area contributed by atoms with Crippen LogP contribution < -0.4 is 5.32 Å². The van der Waals surface area contributed by atoms with Gasteiger partial charge in [0.2, 0.25) is 0 Å². The van der Waals surface area contributed by atoms with Crippen molar-refractivity contribution in [3.05, 3.63) is 22.4 Å². The maximum Gasteiger partial charge on any atom is 0.324 e. The molecule has 0 amide bonds. The Labute approximate surface area is 114 Å². The minimum absolute atomic E-state index is 0.0319. The van der Waals surface area contributed by atoms with E-state index >= 15 is 0 Å². The Hall–Kier alpha value is -1.40. The van der Waals surface area contributed by atoms with Crippen LogP contribution in [-0.2, 0) is 16.1 Å². The quantitative estimate of drug-likeness (QED) is 0.759. The second-order valence-corrected chi connectivity index (χ2v) is 6.33. The number of aliphatic carboxylic acids is 2. The van der Waals surface area contributed by atoms with Crippen LogP contribution in [-0.4, -0.2) is 27.7 Å². The molecule has 2 aliphatic carbocycles. The summed E-state index contributed by atoms with van der Waals surface area (Å²) in [5, 5.41) is 23.7. The standard InChI is InChI=1S/C13H15NO4S/c15-11(16)9-8-3-4-13(10(8)9,12(17)18)14-6-7-2-1-5-19-7/h1-2,5,8-10,14H,3-4,6H2,(H,15,16)(H,17,18). The van der Waals surface area contributed by atoms with Gasteiger partial charge in [-0.05, 0) is 30.2 Å². The first-order valence-corrected chi connectivity index (χ1v) is 7.18. The fraction of sp³-hybridized carbons (Fsp3) is 0.538. The fourth-order valence-electron chi connectivity index (χ4n) is 3.49. The number of fused-ring (bicyclic) bond motifs is 1. The molecule has 1 heterocycles. The van der Waals surface area contributed by atoms with Gasteiger partial charge >= 0.3 is 11.9 Å². The van der Waals surface area contributed by atoms with Crippen LogP contribution in [0.25, 0.3) is 0 Å². The molecule has 2 fully saturated rings. The third-order valence-corrected chi connectivity index (χ3v) is 5.31. The van der Waals surface area contributed by atoms with E-state index in [0.717, 1.165) is 4.88 Å². The van der Waals surface area contributed by atoms with Crippen LogP contribution in [0.5, 0.6) is 0 Å². The van der Waals surface area contributed by atoms with Gasteiger partial charge in [0, 0.05) is 17.3 Å². The Morgan fingerprint density at radius 1 is 1.47 bits per heavy atom. The zero-order valence-electron chi connectivity index (χ0n) is 10.2. The molecule has 6 heteroatoms. The Morgan fingerprint density at radius 2 is 2.26 bits per heavy atom. The van der Waals surface area contributed by atoms with Crippen molar-refractivity contribution in [3.63, 3.8) is 0 Å². The first-order valence-electron chi connectivity index (χ1n) is 6.30. The number of rotatable bonds is 5. The molecule has 5 nitrogen and oxygen atoms in total. The second-order valence-electron chi connectivity index (χ2n) is 5.30. The molecule has 0 aromatic carbocycles. The maximum atomic E-state index is 11.6. The largest absolute Gasteiger partial charge is 0.481 e. The van der Waals surface area contributed by atoms with Gasteiger partial charge in [0.1, 0.15) is 5.54 Å². The minimum atomic E-state index is -1.06. The first-order chi connectivity index (χ1) is 9.06.